The van der Waals surface area contributed by atoms with Crippen molar-refractivity contribution in [1.29, 1.82) is 0 Å². The number of nitrogens with zero attached hydrogens (tertiary/aromatic N) is 7. The molecule has 3 aliphatic heterocycles. The molecule has 31 heavy (non-hydrogen) atoms. The Bertz CT molecular complexity index is 1060. The van der Waals surface area contributed by atoms with Crippen molar-refractivity contribution in [2.24, 2.45) is 0 Å². The van der Waals surface area contributed by atoms with E-state index in [2.05, 4.69) is 25.0 Å². The third-order valence-electron chi connectivity index (χ3n) is 6.73. The summed E-state index contributed by atoms with van der Waals surface area (Å²) in [5.74, 6) is 1.89. The van der Waals surface area contributed by atoms with Gasteiger partial charge in [-0.3, -0.25) is 0 Å². The maximum atomic E-state index is 6.39. The molecule has 0 unspecified atom stereocenters. The van der Waals surface area contributed by atoms with Gasteiger partial charge in [-0.25, -0.2) is 4.98 Å². The number of aromatic nitrogens is 4. The van der Waals surface area contributed by atoms with Crippen molar-refractivity contribution in [3.05, 3.63) is 30.5 Å². The highest BCUT2D eigenvalue weighted by Gasteiger charge is 2.31. The highest BCUT2D eigenvalue weighted by atomic mass is 16.7. The van der Waals surface area contributed by atoms with Crippen LogP contribution in [0, 0.1) is 0 Å². The maximum Gasteiger partial charge on any atom is 0.201 e. The average molecular weight is 420 g/mol. The number of anilines is 3. The van der Waals surface area contributed by atoms with Gasteiger partial charge in [0.15, 0.2) is 5.82 Å². The van der Waals surface area contributed by atoms with Gasteiger partial charge in [-0.15, -0.1) is 5.10 Å². The summed E-state index contributed by atoms with van der Waals surface area (Å²) in [5.41, 5.74) is 4.12. The number of pyridine rings is 1. The highest BCUT2D eigenvalue weighted by molar-refractivity contribution is 5.87. The Labute approximate surface area is 182 Å². The number of benzene rings is 1. The summed E-state index contributed by atoms with van der Waals surface area (Å²) in [6.45, 7) is 6.44. The molecule has 0 aliphatic carbocycles. The van der Waals surface area contributed by atoms with Gasteiger partial charge in [-0.05, 0) is 55.9 Å². The Hall–Kier alpha value is -3.03. The van der Waals surface area contributed by atoms with Crippen LogP contribution in [0.3, 0.4) is 0 Å². The molecule has 0 bridgehead atoms. The Kier molecular flexibility index (Phi) is 4.77. The quantitative estimate of drug-likeness (QED) is 0.627. The molecule has 0 atom stereocenters. The monoisotopic (exact) mass is 419 g/mol. The van der Waals surface area contributed by atoms with Gasteiger partial charge >= 0.3 is 0 Å². The van der Waals surface area contributed by atoms with Crippen LogP contribution in [0.4, 0.5) is 17.2 Å². The molecule has 0 saturated carbocycles. The van der Waals surface area contributed by atoms with E-state index in [0.29, 0.717) is 0 Å². The second-order valence-electron chi connectivity index (χ2n) is 8.77. The largest absolute Gasteiger partial charge is 0.367 e. The minimum absolute atomic E-state index is 0.766. The fourth-order valence-electron chi connectivity index (χ4n) is 5.18. The normalized spacial score (nSPS) is 19.2. The molecule has 3 aliphatic rings. The summed E-state index contributed by atoms with van der Waals surface area (Å²) in [6, 6.07) is 7.89. The first-order valence-electron chi connectivity index (χ1n) is 11.6. The zero-order valence-electron chi connectivity index (χ0n) is 17.9. The predicted molar refractivity (Wildman–Crippen MR) is 122 cm³/mol. The first kappa shape index (κ1) is 18.7. The molecule has 6 rings (SSSR count). The van der Waals surface area contributed by atoms with E-state index >= 15 is 0 Å². The molecule has 8 heteroatoms. The zero-order valence-corrected chi connectivity index (χ0v) is 17.9. The van der Waals surface area contributed by atoms with Crippen LogP contribution in [-0.4, -0.2) is 59.4 Å². The fourth-order valence-corrected chi connectivity index (χ4v) is 5.18. The van der Waals surface area contributed by atoms with Crippen LogP contribution in [0.5, 0.6) is 5.75 Å². The second kappa shape index (κ2) is 7.90. The van der Waals surface area contributed by atoms with Crippen molar-refractivity contribution in [2.75, 3.05) is 54.0 Å². The number of rotatable bonds is 5. The molecule has 8 nitrogen and oxygen atoms in total. The second-order valence-corrected chi connectivity index (χ2v) is 8.77. The standard InChI is InChI=1S/C23H29N7O/c1-2-10-19-18(9-1)25-26-30(19)31-20-17-24-23(29-15-7-8-16-29)22(28-13-5-6-14-28)21(20)27-11-3-4-12-27/h1-2,9-10,17H,3-8,11-16H2. The van der Waals surface area contributed by atoms with Crippen LogP contribution in [0.2, 0.25) is 0 Å². The Morgan fingerprint density at radius 1 is 0.710 bits per heavy atom. The van der Waals surface area contributed by atoms with E-state index in [0.717, 1.165) is 61.9 Å². The maximum absolute atomic E-state index is 6.39. The topological polar surface area (TPSA) is 62.6 Å². The van der Waals surface area contributed by atoms with E-state index in [9.17, 15) is 0 Å². The third kappa shape index (κ3) is 3.34. The summed E-state index contributed by atoms with van der Waals surface area (Å²) in [7, 11) is 0. The summed E-state index contributed by atoms with van der Waals surface area (Å²) >= 11 is 0. The van der Waals surface area contributed by atoms with E-state index in [-0.39, 0.29) is 0 Å². The molecule has 0 amide bonds. The van der Waals surface area contributed by atoms with Gasteiger partial charge in [0.25, 0.3) is 0 Å². The molecule has 3 saturated heterocycles. The van der Waals surface area contributed by atoms with Crippen molar-refractivity contribution in [3.8, 4) is 5.75 Å². The van der Waals surface area contributed by atoms with Gasteiger partial charge in [-0.2, -0.15) is 0 Å². The first-order chi connectivity index (χ1) is 15.4. The van der Waals surface area contributed by atoms with Gasteiger partial charge < -0.3 is 19.5 Å². The molecule has 0 N–H and O–H groups in total. The van der Waals surface area contributed by atoms with Gasteiger partial charge in [0.2, 0.25) is 5.75 Å². The van der Waals surface area contributed by atoms with E-state index in [4.69, 9.17) is 9.82 Å². The Morgan fingerprint density at radius 2 is 1.32 bits per heavy atom. The van der Waals surface area contributed by atoms with Crippen LogP contribution in [-0.2, 0) is 0 Å². The van der Waals surface area contributed by atoms with E-state index in [1.165, 1.54) is 54.7 Å². The van der Waals surface area contributed by atoms with Crippen LogP contribution in [0.15, 0.2) is 30.5 Å². The van der Waals surface area contributed by atoms with Crippen molar-refractivity contribution in [2.45, 2.75) is 38.5 Å². The summed E-state index contributed by atoms with van der Waals surface area (Å²) in [4.78, 5) is 20.4. The number of fused-ring (bicyclic) bond motifs is 1. The number of hydrogen-bond donors (Lipinski definition) is 0. The number of hydrogen-bond acceptors (Lipinski definition) is 7. The summed E-state index contributed by atoms with van der Waals surface area (Å²) in [6.07, 6.45) is 9.28. The molecule has 3 fully saturated rings. The molecule has 3 aromatic rings. The lowest BCUT2D eigenvalue weighted by atomic mass is 10.2. The van der Waals surface area contributed by atoms with Crippen molar-refractivity contribution >= 4 is 28.2 Å². The molecule has 1 aromatic carbocycles. The highest BCUT2D eigenvalue weighted by Crippen LogP contribution is 2.46. The molecule has 162 valence electrons. The Balaban J connectivity index is 1.49. The van der Waals surface area contributed by atoms with Crippen molar-refractivity contribution in [3.63, 3.8) is 0 Å². The van der Waals surface area contributed by atoms with Crippen LogP contribution in [0.1, 0.15) is 38.5 Å². The minimum atomic E-state index is 0.766. The van der Waals surface area contributed by atoms with E-state index < -0.39 is 0 Å². The lowest BCUT2D eigenvalue weighted by Gasteiger charge is -2.32. The zero-order chi connectivity index (χ0) is 20.6. The van der Waals surface area contributed by atoms with Gasteiger partial charge in [0.05, 0.1) is 6.20 Å². The van der Waals surface area contributed by atoms with Gasteiger partial charge in [-0.1, -0.05) is 17.0 Å². The third-order valence-corrected chi connectivity index (χ3v) is 6.73. The van der Waals surface area contributed by atoms with E-state index in [1.807, 2.05) is 30.5 Å². The first-order valence-corrected chi connectivity index (χ1v) is 11.6. The number of para-hydroxylation sites is 1. The summed E-state index contributed by atoms with van der Waals surface area (Å²) in [5, 5.41) is 8.52. The predicted octanol–water partition coefficient (Wildman–Crippen LogP) is 3.47. The SMILES string of the molecule is c1ccc2c(c1)nnn2Oc1cnc(N2CCCC2)c(N2CCCC2)c1N1CCCC1. The molecule has 5 heterocycles. The molecular formula is C23H29N7O. The minimum Gasteiger partial charge on any atom is -0.367 e. The molecule has 0 radical (unpaired) electrons. The van der Waals surface area contributed by atoms with Crippen LogP contribution >= 0.6 is 0 Å². The van der Waals surface area contributed by atoms with Crippen molar-refractivity contribution < 1.29 is 4.84 Å². The van der Waals surface area contributed by atoms with Crippen LogP contribution in [0.25, 0.3) is 11.0 Å². The van der Waals surface area contributed by atoms with E-state index in [1.54, 1.807) is 0 Å². The van der Waals surface area contributed by atoms with Crippen LogP contribution < -0.4 is 19.5 Å². The van der Waals surface area contributed by atoms with Gasteiger partial charge in [0, 0.05) is 39.3 Å². The van der Waals surface area contributed by atoms with Gasteiger partial charge in [0.1, 0.15) is 22.4 Å². The summed E-state index contributed by atoms with van der Waals surface area (Å²) < 4.78 is 0. The average Bonchev–Trinajstić information content (AvgIpc) is 3.62. The fraction of sp³-hybridized carbons (Fsp3) is 0.522. The molecule has 0 spiro atoms. The lowest BCUT2D eigenvalue weighted by Crippen LogP contribution is -2.30. The lowest BCUT2D eigenvalue weighted by molar-refractivity contribution is 0.184. The smallest absolute Gasteiger partial charge is 0.201 e. The molecule has 2 aromatic heterocycles. The van der Waals surface area contributed by atoms with Crippen molar-refractivity contribution in [1.82, 2.24) is 20.1 Å². The molecular weight excluding hydrogens is 390 g/mol. The Morgan fingerprint density at radius 3 is 2.03 bits per heavy atom.